The first-order valence-electron chi connectivity index (χ1n) is 8.44. The number of rotatable bonds is 7. The van der Waals surface area contributed by atoms with Crippen LogP contribution in [0.5, 0.6) is 0 Å². The summed E-state index contributed by atoms with van der Waals surface area (Å²) in [7, 11) is 0. The summed E-state index contributed by atoms with van der Waals surface area (Å²) in [4.78, 5) is 24.1. The van der Waals surface area contributed by atoms with Crippen molar-refractivity contribution < 1.29 is 14.7 Å². The van der Waals surface area contributed by atoms with Gasteiger partial charge in [-0.05, 0) is 61.2 Å². The summed E-state index contributed by atoms with van der Waals surface area (Å²) >= 11 is 1.68. The van der Waals surface area contributed by atoms with Crippen molar-refractivity contribution in [1.29, 1.82) is 0 Å². The molecule has 1 aromatic carbocycles. The molecule has 0 aliphatic heterocycles. The molecule has 3 aromatic rings. The third kappa shape index (κ3) is 4.28. The molecule has 0 aliphatic rings. The molecule has 0 bridgehead atoms. The van der Waals surface area contributed by atoms with Crippen molar-refractivity contribution in [2.45, 2.75) is 19.4 Å². The molecule has 140 valence electrons. The van der Waals surface area contributed by atoms with Gasteiger partial charge in [-0.15, -0.1) is 10.2 Å². The molecule has 2 N–H and O–H groups in total. The Hall–Kier alpha value is -2.87. The number of nitrogens with one attached hydrogen (secondary N) is 1. The molecule has 27 heavy (non-hydrogen) atoms. The van der Waals surface area contributed by atoms with Crippen LogP contribution in [0.2, 0.25) is 0 Å². The van der Waals surface area contributed by atoms with E-state index < -0.39 is 5.97 Å². The molecule has 0 saturated heterocycles. The number of pyridine rings is 1. The zero-order valence-electron chi connectivity index (χ0n) is 15.0. The smallest absolute Gasteiger partial charge is 0.335 e. The average Bonchev–Trinajstić information content (AvgIpc) is 3.08. The van der Waals surface area contributed by atoms with E-state index in [0.29, 0.717) is 29.0 Å². The fraction of sp³-hybridized carbons (Fsp3) is 0.263. The monoisotopic (exact) mass is 384 g/mol. The molecule has 2 aromatic heterocycles. The first-order chi connectivity index (χ1) is 13.0. The van der Waals surface area contributed by atoms with Gasteiger partial charge in [0.2, 0.25) is 0 Å². The SMILES string of the molecule is CSCCC(NC(=O)c1cc(C)cc(C(=O)O)c1)c1nnc2ccccn12. The van der Waals surface area contributed by atoms with Crippen molar-refractivity contribution in [3.63, 3.8) is 0 Å². The zero-order valence-corrected chi connectivity index (χ0v) is 15.9. The Balaban J connectivity index is 1.91. The predicted octanol–water partition coefficient (Wildman–Crippen LogP) is 2.96. The Morgan fingerprint density at radius 1 is 1.22 bits per heavy atom. The second-order valence-corrected chi connectivity index (χ2v) is 7.17. The Kier molecular flexibility index (Phi) is 5.75. The second-order valence-electron chi connectivity index (χ2n) is 6.19. The van der Waals surface area contributed by atoms with Gasteiger partial charge >= 0.3 is 5.97 Å². The Labute approximate surface area is 160 Å². The van der Waals surface area contributed by atoms with Crippen LogP contribution < -0.4 is 5.32 Å². The summed E-state index contributed by atoms with van der Waals surface area (Å²) < 4.78 is 1.85. The van der Waals surface area contributed by atoms with E-state index in [1.165, 1.54) is 12.1 Å². The highest BCUT2D eigenvalue weighted by Gasteiger charge is 2.21. The third-order valence-corrected chi connectivity index (χ3v) is 4.80. The number of aryl methyl sites for hydroxylation is 1. The molecular formula is C19H20N4O3S. The average molecular weight is 384 g/mol. The van der Waals surface area contributed by atoms with Gasteiger partial charge in [-0.25, -0.2) is 4.79 Å². The molecule has 0 saturated carbocycles. The fourth-order valence-electron chi connectivity index (χ4n) is 2.88. The standard InChI is InChI=1S/C19H20N4O3S/c1-12-9-13(11-14(10-12)19(25)26)18(24)20-15(6-8-27-2)17-22-21-16-5-3-4-7-23(16)17/h3-5,7,9-11,15H,6,8H2,1-2H3,(H,20,24)(H,25,26). The van der Waals surface area contributed by atoms with Crippen molar-refractivity contribution in [2.75, 3.05) is 12.0 Å². The lowest BCUT2D eigenvalue weighted by Crippen LogP contribution is -2.30. The number of hydrogen-bond donors (Lipinski definition) is 2. The summed E-state index contributed by atoms with van der Waals surface area (Å²) in [5.41, 5.74) is 1.83. The number of aromatic carboxylic acids is 1. The van der Waals surface area contributed by atoms with Crippen LogP contribution in [0.1, 0.15) is 44.6 Å². The van der Waals surface area contributed by atoms with Crippen molar-refractivity contribution in [1.82, 2.24) is 19.9 Å². The van der Waals surface area contributed by atoms with Crippen LogP contribution >= 0.6 is 11.8 Å². The highest BCUT2D eigenvalue weighted by Crippen LogP contribution is 2.19. The summed E-state index contributed by atoms with van der Waals surface area (Å²) in [5, 5.41) is 20.6. The van der Waals surface area contributed by atoms with Crippen LogP contribution in [-0.4, -0.2) is 43.6 Å². The van der Waals surface area contributed by atoms with E-state index >= 15 is 0 Å². The minimum atomic E-state index is -1.06. The third-order valence-electron chi connectivity index (χ3n) is 4.15. The van der Waals surface area contributed by atoms with Gasteiger partial charge < -0.3 is 10.4 Å². The number of hydrogen-bond acceptors (Lipinski definition) is 5. The number of carbonyl (C=O) groups is 2. The van der Waals surface area contributed by atoms with Gasteiger partial charge in [-0.1, -0.05) is 6.07 Å². The van der Waals surface area contributed by atoms with Crippen molar-refractivity contribution in [3.05, 3.63) is 65.1 Å². The first kappa shape index (κ1) is 18.9. The molecule has 1 unspecified atom stereocenters. The predicted molar refractivity (Wildman–Crippen MR) is 104 cm³/mol. The van der Waals surface area contributed by atoms with Crippen LogP contribution in [0, 0.1) is 6.92 Å². The molecule has 0 fully saturated rings. The molecule has 8 heteroatoms. The van der Waals surface area contributed by atoms with Crippen molar-refractivity contribution in [3.8, 4) is 0 Å². The molecular weight excluding hydrogens is 364 g/mol. The largest absolute Gasteiger partial charge is 0.478 e. The number of carboxylic acids is 1. The van der Waals surface area contributed by atoms with Gasteiger partial charge in [0.1, 0.15) is 0 Å². The summed E-state index contributed by atoms with van der Waals surface area (Å²) in [6.07, 6.45) is 4.54. The minimum Gasteiger partial charge on any atom is -0.478 e. The van der Waals surface area contributed by atoms with Gasteiger partial charge in [-0.3, -0.25) is 9.20 Å². The topological polar surface area (TPSA) is 96.6 Å². The molecule has 2 heterocycles. The van der Waals surface area contributed by atoms with Gasteiger partial charge in [0, 0.05) is 11.8 Å². The van der Waals surface area contributed by atoms with E-state index in [1.807, 2.05) is 35.1 Å². The normalized spacial score (nSPS) is 12.1. The van der Waals surface area contributed by atoms with Gasteiger partial charge in [0.05, 0.1) is 11.6 Å². The fourth-order valence-corrected chi connectivity index (χ4v) is 3.35. The molecule has 0 aliphatic carbocycles. The number of aromatic nitrogens is 3. The number of benzene rings is 1. The maximum absolute atomic E-state index is 12.8. The highest BCUT2D eigenvalue weighted by molar-refractivity contribution is 7.98. The Morgan fingerprint density at radius 2 is 2.00 bits per heavy atom. The minimum absolute atomic E-state index is 0.0914. The molecule has 0 spiro atoms. The van der Waals surface area contributed by atoms with E-state index in [1.54, 1.807) is 24.8 Å². The number of nitrogens with zero attached hydrogens (tertiary/aromatic N) is 3. The Bertz CT molecular complexity index is 986. The quantitative estimate of drug-likeness (QED) is 0.650. The molecule has 0 radical (unpaired) electrons. The number of thioether (sulfide) groups is 1. The summed E-state index contributed by atoms with van der Waals surface area (Å²) in [5.74, 6) is 0.0928. The maximum Gasteiger partial charge on any atom is 0.335 e. The van der Waals surface area contributed by atoms with Crippen LogP contribution in [0.15, 0.2) is 42.6 Å². The van der Waals surface area contributed by atoms with Gasteiger partial charge in [0.15, 0.2) is 11.5 Å². The lowest BCUT2D eigenvalue weighted by Gasteiger charge is -2.17. The van der Waals surface area contributed by atoms with Crippen LogP contribution in [0.4, 0.5) is 0 Å². The van der Waals surface area contributed by atoms with E-state index in [0.717, 1.165) is 5.75 Å². The zero-order chi connectivity index (χ0) is 19.4. The highest BCUT2D eigenvalue weighted by atomic mass is 32.2. The number of carboxylic acid groups (broad SMARTS) is 1. The molecule has 1 amide bonds. The van der Waals surface area contributed by atoms with Gasteiger partial charge in [0.25, 0.3) is 5.91 Å². The van der Waals surface area contributed by atoms with E-state index in [4.69, 9.17) is 0 Å². The lowest BCUT2D eigenvalue weighted by molar-refractivity contribution is 0.0696. The molecule has 3 rings (SSSR count). The molecule has 1 atom stereocenters. The number of fused-ring (bicyclic) bond motifs is 1. The van der Waals surface area contributed by atoms with E-state index in [9.17, 15) is 14.7 Å². The van der Waals surface area contributed by atoms with E-state index in [-0.39, 0.29) is 17.5 Å². The second kappa shape index (κ2) is 8.22. The lowest BCUT2D eigenvalue weighted by atomic mass is 10.1. The van der Waals surface area contributed by atoms with E-state index in [2.05, 4.69) is 15.5 Å². The summed E-state index contributed by atoms with van der Waals surface area (Å²) in [6, 6.07) is 9.88. The van der Waals surface area contributed by atoms with Crippen LogP contribution in [0.3, 0.4) is 0 Å². The van der Waals surface area contributed by atoms with Crippen LogP contribution in [0.25, 0.3) is 5.65 Å². The van der Waals surface area contributed by atoms with Crippen molar-refractivity contribution in [2.24, 2.45) is 0 Å². The first-order valence-corrected chi connectivity index (χ1v) is 9.83. The number of carbonyl (C=O) groups excluding carboxylic acids is 1. The maximum atomic E-state index is 12.8. The van der Waals surface area contributed by atoms with Gasteiger partial charge in [-0.2, -0.15) is 11.8 Å². The van der Waals surface area contributed by atoms with Crippen molar-refractivity contribution >= 4 is 29.3 Å². The Morgan fingerprint density at radius 3 is 2.74 bits per heavy atom. The molecule has 7 nitrogen and oxygen atoms in total. The van der Waals surface area contributed by atoms with Crippen LogP contribution in [-0.2, 0) is 0 Å². The summed E-state index contributed by atoms with van der Waals surface area (Å²) in [6.45, 7) is 1.76. The number of amides is 1.